The number of nitrogens with one attached hydrogen (secondary N) is 1. The molecule has 0 aromatic heterocycles. The Morgan fingerprint density at radius 3 is 2.56 bits per heavy atom. The Morgan fingerprint density at radius 1 is 1.22 bits per heavy atom. The van der Waals surface area contributed by atoms with Crippen LogP contribution in [0.3, 0.4) is 0 Å². The molecule has 1 spiro atoms. The molecule has 32 heavy (non-hydrogen) atoms. The van der Waals surface area contributed by atoms with Crippen LogP contribution in [0.15, 0.2) is 42.1 Å². The summed E-state index contributed by atoms with van der Waals surface area (Å²) in [6.07, 6.45) is 1.18. The van der Waals surface area contributed by atoms with Crippen LogP contribution in [-0.4, -0.2) is 36.5 Å². The van der Waals surface area contributed by atoms with Crippen LogP contribution in [0.4, 0.5) is 5.69 Å². The maximum absolute atomic E-state index is 13.5. The normalized spacial score (nSPS) is 22.8. The van der Waals surface area contributed by atoms with Gasteiger partial charge >= 0.3 is 0 Å². The maximum atomic E-state index is 13.5. The minimum atomic E-state index is -1.71. The van der Waals surface area contributed by atoms with Crippen molar-refractivity contribution in [1.29, 1.82) is 0 Å². The van der Waals surface area contributed by atoms with E-state index in [9.17, 15) is 14.7 Å². The fourth-order valence-corrected chi connectivity index (χ4v) is 4.54. The van der Waals surface area contributed by atoms with Crippen LogP contribution in [-0.2, 0) is 4.79 Å². The second-order valence-electron chi connectivity index (χ2n) is 8.03. The number of halogens is 1. The van der Waals surface area contributed by atoms with Gasteiger partial charge in [0.2, 0.25) is 17.2 Å². The number of ether oxygens (including phenoxy) is 3. The Morgan fingerprint density at radius 2 is 1.94 bits per heavy atom. The Hall–Kier alpha value is -3.03. The second kappa shape index (κ2) is 8.15. The van der Waals surface area contributed by atoms with Gasteiger partial charge in [-0.15, -0.1) is 0 Å². The maximum Gasteiger partial charge on any atom is 0.236 e. The number of methoxy groups -OCH3 is 2. The first-order valence-electron chi connectivity index (χ1n) is 10.2. The molecule has 8 heteroatoms. The highest BCUT2D eigenvalue weighted by Gasteiger charge is 2.60. The first kappa shape index (κ1) is 22.2. The van der Waals surface area contributed by atoms with Crippen LogP contribution in [0, 0.1) is 5.92 Å². The van der Waals surface area contributed by atoms with Crippen LogP contribution < -0.4 is 19.5 Å². The van der Waals surface area contributed by atoms with Gasteiger partial charge in [-0.2, -0.15) is 0 Å². The molecule has 3 atom stereocenters. The molecule has 2 aromatic rings. The predicted molar refractivity (Wildman–Crippen MR) is 120 cm³/mol. The van der Waals surface area contributed by atoms with Crippen molar-refractivity contribution in [3.05, 3.63) is 58.3 Å². The number of allylic oxidation sites excluding steroid dienone is 1. The Labute approximate surface area is 190 Å². The molecular weight excluding hydrogens is 434 g/mol. The van der Waals surface area contributed by atoms with Crippen molar-refractivity contribution in [3.8, 4) is 17.2 Å². The molecular formula is C24H24ClNO6. The Balaban J connectivity index is 1.69. The summed E-state index contributed by atoms with van der Waals surface area (Å²) in [5.74, 6) is -0.789. The molecule has 0 bridgehead atoms. The van der Waals surface area contributed by atoms with Crippen LogP contribution in [0.1, 0.15) is 42.3 Å². The molecule has 0 saturated heterocycles. The number of anilines is 1. The van der Waals surface area contributed by atoms with E-state index in [0.29, 0.717) is 17.9 Å². The third-order valence-electron chi connectivity index (χ3n) is 5.98. The third kappa shape index (κ3) is 3.32. The molecule has 2 aromatic carbocycles. The van der Waals surface area contributed by atoms with E-state index in [1.54, 1.807) is 13.8 Å². The number of carbonyl (C=O) groups is 2. The van der Waals surface area contributed by atoms with Gasteiger partial charge in [-0.05, 0) is 31.0 Å². The molecule has 0 saturated carbocycles. The van der Waals surface area contributed by atoms with Crippen molar-refractivity contribution in [2.75, 3.05) is 19.5 Å². The lowest BCUT2D eigenvalue weighted by Crippen LogP contribution is -2.55. The summed E-state index contributed by atoms with van der Waals surface area (Å²) in [6.45, 7) is 3.48. The van der Waals surface area contributed by atoms with Crippen molar-refractivity contribution in [2.45, 2.75) is 32.0 Å². The predicted octanol–water partition coefficient (Wildman–Crippen LogP) is 4.33. The van der Waals surface area contributed by atoms with Crippen molar-refractivity contribution in [3.63, 3.8) is 0 Å². The Kier molecular flexibility index (Phi) is 5.65. The lowest BCUT2D eigenvalue weighted by molar-refractivity contribution is -0.129. The first-order valence-corrected chi connectivity index (χ1v) is 10.6. The minimum absolute atomic E-state index is 0.0995. The number of fused-ring (bicyclic) bond motifs is 1. The van der Waals surface area contributed by atoms with Gasteiger partial charge < -0.3 is 24.6 Å². The van der Waals surface area contributed by atoms with Gasteiger partial charge in [0, 0.05) is 29.4 Å². The molecule has 2 N–H and O–H groups in total. The lowest BCUT2D eigenvalue weighted by Gasteiger charge is -2.35. The van der Waals surface area contributed by atoms with Crippen molar-refractivity contribution in [2.24, 2.45) is 5.92 Å². The largest absolute Gasteiger partial charge is 0.496 e. The molecule has 0 unspecified atom stereocenters. The molecule has 0 amide bonds. The van der Waals surface area contributed by atoms with Gasteiger partial charge in [0.05, 0.1) is 20.3 Å². The molecule has 0 fully saturated rings. The average Bonchev–Trinajstić information content (AvgIpc) is 3.08. The number of hydrogen-bond acceptors (Lipinski definition) is 7. The third-order valence-corrected chi connectivity index (χ3v) is 6.34. The van der Waals surface area contributed by atoms with Gasteiger partial charge in [0.15, 0.2) is 5.75 Å². The van der Waals surface area contributed by atoms with Gasteiger partial charge in [-0.25, -0.2) is 0 Å². The summed E-state index contributed by atoms with van der Waals surface area (Å²) < 4.78 is 16.7. The molecule has 0 radical (unpaired) electrons. The standard InChI is InChI=1S/C24H24ClNO6/c1-12-8-16(26-15-7-5-6-14(9-15)13(2)27)10-19(28)24(12)23(29)20-17(30-3)11-18(31-4)21(25)22(20)32-24/h5-7,9-13,26-27H,8H2,1-4H3/t12-,13-,24+/m1/s1. The number of Topliss-reactive ketones (excluding diaryl/α,β-unsaturated/α-hetero) is 1. The number of aliphatic hydroxyl groups excluding tert-OH is 1. The fraction of sp³-hybridized carbons (Fsp3) is 0.333. The molecule has 1 aliphatic heterocycles. The van der Waals surface area contributed by atoms with Crippen molar-refractivity contribution < 1.29 is 28.9 Å². The SMILES string of the molecule is COc1cc(OC)c2c(c1Cl)O[C@@]1(C(=O)C=C(Nc3cccc([C@@H](C)O)c3)C[C@H]1C)C2=O. The molecule has 1 aliphatic carbocycles. The van der Waals surface area contributed by atoms with Gasteiger partial charge in [-0.3, -0.25) is 9.59 Å². The van der Waals surface area contributed by atoms with Crippen LogP contribution in [0.2, 0.25) is 5.02 Å². The number of aliphatic hydroxyl groups is 1. The van der Waals surface area contributed by atoms with Gasteiger partial charge in [-0.1, -0.05) is 30.7 Å². The summed E-state index contributed by atoms with van der Waals surface area (Å²) in [5, 5.41) is 13.2. The van der Waals surface area contributed by atoms with Crippen molar-refractivity contribution >= 4 is 28.9 Å². The van der Waals surface area contributed by atoms with Gasteiger partial charge in [0.1, 0.15) is 22.1 Å². The van der Waals surface area contributed by atoms with E-state index in [2.05, 4.69) is 5.32 Å². The van der Waals surface area contributed by atoms with E-state index in [1.165, 1.54) is 26.4 Å². The van der Waals surface area contributed by atoms with Crippen molar-refractivity contribution in [1.82, 2.24) is 0 Å². The number of rotatable bonds is 5. The van der Waals surface area contributed by atoms with E-state index in [4.69, 9.17) is 25.8 Å². The highest BCUT2D eigenvalue weighted by atomic mass is 35.5. The highest BCUT2D eigenvalue weighted by Crippen LogP contribution is 2.53. The smallest absolute Gasteiger partial charge is 0.236 e. The molecule has 4 rings (SSSR count). The summed E-state index contributed by atoms with van der Waals surface area (Å²) in [7, 11) is 2.87. The molecule has 7 nitrogen and oxygen atoms in total. The zero-order valence-electron chi connectivity index (χ0n) is 18.2. The van der Waals surface area contributed by atoms with Crippen LogP contribution in [0.5, 0.6) is 17.2 Å². The quantitative estimate of drug-likeness (QED) is 0.645. The monoisotopic (exact) mass is 457 g/mol. The van der Waals surface area contributed by atoms with E-state index in [0.717, 1.165) is 11.3 Å². The zero-order chi connectivity index (χ0) is 23.2. The summed E-state index contributed by atoms with van der Waals surface area (Å²) in [4.78, 5) is 26.8. The minimum Gasteiger partial charge on any atom is -0.496 e. The molecule has 1 heterocycles. The Bertz CT molecular complexity index is 1140. The molecule has 2 aliphatic rings. The number of benzene rings is 2. The molecule has 168 valence electrons. The average molecular weight is 458 g/mol. The van der Waals surface area contributed by atoms with E-state index < -0.39 is 29.2 Å². The zero-order valence-corrected chi connectivity index (χ0v) is 18.9. The lowest BCUT2D eigenvalue weighted by atomic mass is 9.74. The summed E-state index contributed by atoms with van der Waals surface area (Å²) >= 11 is 6.41. The summed E-state index contributed by atoms with van der Waals surface area (Å²) in [5.41, 5.74) is 0.578. The van der Waals surface area contributed by atoms with E-state index >= 15 is 0 Å². The number of hydrogen-bond donors (Lipinski definition) is 2. The number of ketones is 2. The van der Waals surface area contributed by atoms with Crippen LogP contribution in [0.25, 0.3) is 0 Å². The first-order chi connectivity index (χ1) is 15.2. The van der Waals surface area contributed by atoms with Crippen LogP contribution >= 0.6 is 11.6 Å². The van der Waals surface area contributed by atoms with E-state index in [-0.39, 0.29) is 22.1 Å². The fourth-order valence-electron chi connectivity index (χ4n) is 4.28. The van der Waals surface area contributed by atoms with Gasteiger partial charge in [0.25, 0.3) is 0 Å². The van der Waals surface area contributed by atoms with E-state index in [1.807, 2.05) is 24.3 Å². The second-order valence-corrected chi connectivity index (χ2v) is 8.41. The topological polar surface area (TPSA) is 94.1 Å². The highest BCUT2D eigenvalue weighted by molar-refractivity contribution is 6.36. The summed E-state index contributed by atoms with van der Waals surface area (Å²) in [6, 6.07) is 8.81. The number of carbonyl (C=O) groups excluding carboxylic acids is 2.